The number of aromatic nitrogens is 2. The fourth-order valence-electron chi connectivity index (χ4n) is 2.87. The highest BCUT2D eigenvalue weighted by molar-refractivity contribution is 7.19. The van der Waals surface area contributed by atoms with Gasteiger partial charge in [-0.25, -0.2) is 4.79 Å². The molecule has 1 aromatic heterocycles. The van der Waals surface area contributed by atoms with Gasteiger partial charge in [0.2, 0.25) is 10.3 Å². The highest BCUT2D eigenvalue weighted by Crippen LogP contribution is 2.30. The summed E-state index contributed by atoms with van der Waals surface area (Å²) in [6.07, 6.45) is 3.58. The Labute approximate surface area is 151 Å². The first-order valence-electron chi connectivity index (χ1n) is 8.57. The number of hydrogen-bond donors (Lipinski definition) is 2. The Morgan fingerprint density at radius 1 is 1.32 bits per heavy atom. The van der Waals surface area contributed by atoms with E-state index in [2.05, 4.69) is 32.7 Å². The first-order valence-corrected chi connectivity index (χ1v) is 9.39. The van der Waals surface area contributed by atoms with Crippen LogP contribution in [0.4, 0.5) is 20.7 Å². The number of carbonyl (C=O) groups excluding carboxylic acids is 1. The molecule has 2 aromatic rings. The van der Waals surface area contributed by atoms with Crippen LogP contribution in [0.3, 0.4) is 0 Å². The van der Waals surface area contributed by atoms with Crippen LogP contribution in [0.1, 0.15) is 33.1 Å². The molecule has 0 radical (unpaired) electrons. The molecule has 0 bridgehead atoms. The quantitative estimate of drug-likeness (QED) is 0.843. The van der Waals surface area contributed by atoms with Crippen molar-refractivity contribution in [1.82, 2.24) is 10.2 Å². The van der Waals surface area contributed by atoms with Crippen molar-refractivity contribution in [2.75, 3.05) is 28.7 Å². The standard InChI is InChI=1S/C17H23N5O2S/c1-3-24-14-10-5-4-9-13(14)18-15(23)19-16-20-21-17(25-16)22-11-7-6-8-12(22)2/h4-5,9-10,12H,3,6-8,11H2,1-2H3,(H2,18,19,20,23)/t12-/m0/s1. The van der Waals surface area contributed by atoms with E-state index in [9.17, 15) is 4.79 Å². The number of piperidine rings is 1. The zero-order chi connectivity index (χ0) is 17.6. The molecule has 25 heavy (non-hydrogen) atoms. The first-order chi connectivity index (χ1) is 12.2. The van der Waals surface area contributed by atoms with Crippen molar-refractivity contribution in [3.8, 4) is 5.75 Å². The minimum absolute atomic E-state index is 0.360. The first kappa shape index (κ1) is 17.5. The van der Waals surface area contributed by atoms with Crippen molar-refractivity contribution < 1.29 is 9.53 Å². The maximum Gasteiger partial charge on any atom is 0.325 e. The summed E-state index contributed by atoms with van der Waals surface area (Å²) in [7, 11) is 0. The smallest absolute Gasteiger partial charge is 0.325 e. The molecule has 1 aromatic carbocycles. The number of anilines is 3. The van der Waals surface area contributed by atoms with Crippen LogP contribution in [-0.4, -0.2) is 35.4 Å². The number of ether oxygens (including phenoxy) is 1. The second-order valence-corrected chi connectivity index (χ2v) is 6.89. The van der Waals surface area contributed by atoms with E-state index < -0.39 is 0 Å². The highest BCUT2D eigenvalue weighted by Gasteiger charge is 2.22. The van der Waals surface area contributed by atoms with Gasteiger partial charge in [0.05, 0.1) is 12.3 Å². The number of amides is 2. The Bertz CT molecular complexity index is 721. The molecule has 8 heteroatoms. The second kappa shape index (κ2) is 8.15. The van der Waals surface area contributed by atoms with Gasteiger partial charge in [0.1, 0.15) is 5.75 Å². The molecular weight excluding hydrogens is 338 g/mol. The number of nitrogens with one attached hydrogen (secondary N) is 2. The Hall–Kier alpha value is -2.35. The number of rotatable bonds is 5. The molecule has 1 saturated heterocycles. The van der Waals surface area contributed by atoms with Crippen LogP contribution in [-0.2, 0) is 0 Å². The van der Waals surface area contributed by atoms with Gasteiger partial charge >= 0.3 is 6.03 Å². The lowest BCUT2D eigenvalue weighted by atomic mass is 10.1. The van der Waals surface area contributed by atoms with Gasteiger partial charge in [-0.05, 0) is 45.2 Å². The Morgan fingerprint density at radius 2 is 2.16 bits per heavy atom. The molecule has 1 atom stereocenters. The zero-order valence-electron chi connectivity index (χ0n) is 14.5. The van der Waals surface area contributed by atoms with E-state index in [1.165, 1.54) is 24.2 Å². The van der Waals surface area contributed by atoms with Crippen LogP contribution in [0, 0.1) is 0 Å². The summed E-state index contributed by atoms with van der Waals surface area (Å²) in [5.41, 5.74) is 0.622. The highest BCUT2D eigenvalue weighted by atomic mass is 32.1. The third-order valence-electron chi connectivity index (χ3n) is 4.12. The molecule has 1 aliphatic rings. The fraction of sp³-hybridized carbons (Fsp3) is 0.471. The van der Waals surface area contributed by atoms with Gasteiger partial charge in [-0.1, -0.05) is 23.5 Å². The third-order valence-corrected chi connectivity index (χ3v) is 4.99. The Balaban J connectivity index is 1.62. The van der Waals surface area contributed by atoms with Gasteiger partial charge in [0, 0.05) is 12.6 Å². The Kier molecular flexibility index (Phi) is 5.70. The van der Waals surface area contributed by atoms with E-state index in [0.29, 0.717) is 29.2 Å². The average Bonchev–Trinajstić information content (AvgIpc) is 3.05. The summed E-state index contributed by atoms with van der Waals surface area (Å²) < 4.78 is 5.51. The molecule has 0 saturated carbocycles. The summed E-state index contributed by atoms with van der Waals surface area (Å²) in [6, 6.07) is 7.43. The minimum atomic E-state index is -0.360. The van der Waals surface area contributed by atoms with Crippen molar-refractivity contribution in [1.29, 1.82) is 0 Å². The van der Waals surface area contributed by atoms with Crippen molar-refractivity contribution in [2.45, 2.75) is 39.2 Å². The van der Waals surface area contributed by atoms with Gasteiger partial charge in [0.25, 0.3) is 0 Å². The Morgan fingerprint density at radius 3 is 2.96 bits per heavy atom. The summed E-state index contributed by atoms with van der Waals surface area (Å²) in [4.78, 5) is 14.5. The summed E-state index contributed by atoms with van der Waals surface area (Å²) in [5.74, 6) is 0.639. The molecule has 134 valence electrons. The van der Waals surface area contributed by atoms with Crippen LogP contribution in [0.25, 0.3) is 0 Å². The summed E-state index contributed by atoms with van der Waals surface area (Å²) in [6.45, 7) is 5.63. The van der Waals surface area contributed by atoms with E-state index in [1.54, 1.807) is 6.07 Å². The van der Waals surface area contributed by atoms with E-state index in [0.717, 1.165) is 18.1 Å². The number of urea groups is 1. The lowest BCUT2D eigenvalue weighted by Gasteiger charge is -2.32. The van der Waals surface area contributed by atoms with Gasteiger partial charge in [-0.2, -0.15) is 0 Å². The SMILES string of the molecule is CCOc1ccccc1NC(=O)Nc1nnc(N2CCCC[C@@H]2C)s1. The molecule has 1 aliphatic heterocycles. The van der Waals surface area contributed by atoms with Gasteiger partial charge in [-0.15, -0.1) is 10.2 Å². The molecule has 0 unspecified atom stereocenters. The van der Waals surface area contributed by atoms with E-state index >= 15 is 0 Å². The predicted octanol–water partition coefficient (Wildman–Crippen LogP) is 3.96. The molecule has 0 aliphatic carbocycles. The number of carbonyl (C=O) groups is 1. The molecule has 3 rings (SSSR count). The van der Waals surface area contributed by atoms with Crippen molar-refractivity contribution in [3.05, 3.63) is 24.3 Å². The van der Waals surface area contributed by atoms with Crippen LogP contribution in [0.15, 0.2) is 24.3 Å². The molecular formula is C17H23N5O2S. The van der Waals surface area contributed by atoms with Crippen LogP contribution in [0.2, 0.25) is 0 Å². The van der Waals surface area contributed by atoms with E-state index in [4.69, 9.17) is 4.74 Å². The average molecular weight is 361 g/mol. The maximum atomic E-state index is 12.2. The minimum Gasteiger partial charge on any atom is -0.492 e. The van der Waals surface area contributed by atoms with Gasteiger partial charge < -0.3 is 15.0 Å². The van der Waals surface area contributed by atoms with Crippen LogP contribution >= 0.6 is 11.3 Å². The van der Waals surface area contributed by atoms with Crippen molar-refractivity contribution >= 4 is 33.3 Å². The molecule has 2 heterocycles. The summed E-state index contributed by atoms with van der Waals surface area (Å²) >= 11 is 1.40. The van der Waals surface area contributed by atoms with E-state index in [-0.39, 0.29) is 6.03 Å². The molecule has 0 spiro atoms. The summed E-state index contributed by atoms with van der Waals surface area (Å²) in [5, 5.41) is 15.2. The number of para-hydroxylation sites is 2. The van der Waals surface area contributed by atoms with Crippen LogP contribution < -0.4 is 20.3 Å². The lowest BCUT2D eigenvalue weighted by Crippen LogP contribution is -2.37. The number of benzene rings is 1. The lowest BCUT2D eigenvalue weighted by molar-refractivity contribution is 0.262. The molecule has 1 fully saturated rings. The maximum absolute atomic E-state index is 12.2. The topological polar surface area (TPSA) is 79.4 Å². The predicted molar refractivity (Wildman–Crippen MR) is 101 cm³/mol. The zero-order valence-corrected chi connectivity index (χ0v) is 15.3. The molecule has 2 amide bonds. The van der Waals surface area contributed by atoms with Gasteiger partial charge in [-0.3, -0.25) is 5.32 Å². The largest absolute Gasteiger partial charge is 0.492 e. The normalized spacial score (nSPS) is 17.2. The monoisotopic (exact) mass is 361 g/mol. The second-order valence-electron chi connectivity index (χ2n) is 5.94. The molecule has 2 N–H and O–H groups in total. The van der Waals surface area contributed by atoms with Gasteiger partial charge in [0.15, 0.2) is 0 Å². The number of nitrogens with zero attached hydrogens (tertiary/aromatic N) is 3. The third kappa shape index (κ3) is 4.39. The van der Waals surface area contributed by atoms with Crippen LogP contribution in [0.5, 0.6) is 5.75 Å². The van der Waals surface area contributed by atoms with Crippen molar-refractivity contribution in [2.24, 2.45) is 0 Å². The van der Waals surface area contributed by atoms with Crippen molar-refractivity contribution in [3.63, 3.8) is 0 Å². The fourth-order valence-corrected chi connectivity index (χ4v) is 3.73. The van der Waals surface area contributed by atoms with E-state index in [1.807, 2.05) is 25.1 Å². The molecule has 7 nitrogen and oxygen atoms in total. The number of hydrogen-bond acceptors (Lipinski definition) is 6.